The van der Waals surface area contributed by atoms with E-state index in [1.807, 2.05) is 38.1 Å². The first kappa shape index (κ1) is 22.2. The molecule has 2 rings (SSSR count). The Morgan fingerprint density at radius 2 is 1.89 bits per heavy atom. The maximum absolute atomic E-state index is 12.5. The third-order valence-corrected chi connectivity index (χ3v) is 5.32. The van der Waals surface area contributed by atoms with Crippen molar-refractivity contribution in [1.82, 2.24) is 20.4 Å². The van der Waals surface area contributed by atoms with E-state index in [1.54, 1.807) is 7.11 Å². The zero-order chi connectivity index (χ0) is 20.5. The molecule has 156 valence electrons. The van der Waals surface area contributed by atoms with Gasteiger partial charge in [0.2, 0.25) is 11.8 Å². The van der Waals surface area contributed by atoms with Crippen LogP contribution in [0.1, 0.15) is 32.8 Å². The Morgan fingerprint density at radius 1 is 1.18 bits per heavy atom. The highest BCUT2D eigenvalue weighted by atomic mass is 16.5. The minimum Gasteiger partial charge on any atom is -0.497 e. The van der Waals surface area contributed by atoms with Gasteiger partial charge in [0.15, 0.2) is 0 Å². The van der Waals surface area contributed by atoms with Gasteiger partial charge in [0.25, 0.3) is 0 Å². The summed E-state index contributed by atoms with van der Waals surface area (Å²) in [6.45, 7) is 10.1. The average Bonchev–Trinajstić information content (AvgIpc) is 2.71. The van der Waals surface area contributed by atoms with Crippen molar-refractivity contribution >= 4 is 11.8 Å². The average molecular weight is 391 g/mol. The second-order valence-electron chi connectivity index (χ2n) is 7.43. The Balaban J connectivity index is 1.73. The Bertz CT molecular complexity index is 644. The molecular formula is C21H34N4O3. The summed E-state index contributed by atoms with van der Waals surface area (Å²) in [5, 5.41) is 6.01. The number of ether oxygens (including phenoxy) is 1. The summed E-state index contributed by atoms with van der Waals surface area (Å²) < 4.78 is 5.22. The van der Waals surface area contributed by atoms with Crippen molar-refractivity contribution in [2.24, 2.45) is 0 Å². The lowest BCUT2D eigenvalue weighted by molar-refractivity contribution is -0.128. The third kappa shape index (κ3) is 6.80. The molecule has 0 spiro atoms. The van der Waals surface area contributed by atoms with Gasteiger partial charge in [-0.05, 0) is 38.0 Å². The Kier molecular flexibility index (Phi) is 8.73. The number of benzene rings is 1. The van der Waals surface area contributed by atoms with Gasteiger partial charge in [-0.25, -0.2) is 0 Å². The van der Waals surface area contributed by atoms with E-state index in [4.69, 9.17) is 4.74 Å². The van der Waals surface area contributed by atoms with Crippen molar-refractivity contribution in [1.29, 1.82) is 0 Å². The van der Waals surface area contributed by atoms with Gasteiger partial charge in [-0.2, -0.15) is 0 Å². The maximum Gasteiger partial charge on any atom is 0.237 e. The molecule has 0 aliphatic carbocycles. The van der Waals surface area contributed by atoms with Crippen LogP contribution in [0.4, 0.5) is 0 Å². The van der Waals surface area contributed by atoms with E-state index in [-0.39, 0.29) is 23.9 Å². The van der Waals surface area contributed by atoms with E-state index in [0.717, 1.165) is 43.9 Å². The SMILES string of the molecule is CCC(C)NC(=O)CN1CCN(C(C)C(=O)NCc2cccc(OC)c2)CC1. The van der Waals surface area contributed by atoms with Crippen LogP contribution in [0.5, 0.6) is 5.75 Å². The molecule has 1 aromatic carbocycles. The van der Waals surface area contributed by atoms with Gasteiger partial charge in [0.1, 0.15) is 5.75 Å². The number of hydrogen-bond acceptors (Lipinski definition) is 5. The molecule has 0 radical (unpaired) electrons. The molecule has 1 aliphatic rings. The highest BCUT2D eigenvalue weighted by Crippen LogP contribution is 2.12. The number of amides is 2. The molecule has 1 aromatic rings. The minimum atomic E-state index is -0.193. The number of carbonyl (C=O) groups excluding carboxylic acids is 2. The predicted molar refractivity (Wildman–Crippen MR) is 110 cm³/mol. The normalized spacial score (nSPS) is 17.6. The highest BCUT2D eigenvalue weighted by Gasteiger charge is 2.26. The number of piperazine rings is 1. The molecule has 2 unspecified atom stereocenters. The van der Waals surface area contributed by atoms with E-state index in [2.05, 4.69) is 27.4 Å². The molecule has 0 aromatic heterocycles. The lowest BCUT2D eigenvalue weighted by atomic mass is 10.2. The standard InChI is InChI=1S/C21H34N4O3/c1-5-16(2)23-20(26)15-24-9-11-25(12-10-24)17(3)21(27)22-14-18-7-6-8-19(13-18)28-4/h6-8,13,16-17H,5,9-12,14-15H2,1-4H3,(H,22,27)(H,23,26). The number of nitrogens with zero attached hydrogens (tertiary/aromatic N) is 2. The second-order valence-corrected chi connectivity index (χ2v) is 7.43. The van der Waals surface area contributed by atoms with E-state index in [0.29, 0.717) is 13.1 Å². The molecule has 1 heterocycles. The Morgan fingerprint density at radius 3 is 2.54 bits per heavy atom. The molecule has 2 amide bonds. The quantitative estimate of drug-likeness (QED) is 0.664. The molecule has 1 saturated heterocycles. The molecular weight excluding hydrogens is 356 g/mol. The van der Waals surface area contributed by atoms with Crippen molar-refractivity contribution in [3.8, 4) is 5.75 Å². The van der Waals surface area contributed by atoms with Gasteiger partial charge in [-0.15, -0.1) is 0 Å². The molecule has 7 heteroatoms. The van der Waals surface area contributed by atoms with Gasteiger partial charge in [-0.1, -0.05) is 19.1 Å². The number of hydrogen-bond donors (Lipinski definition) is 2. The highest BCUT2D eigenvalue weighted by molar-refractivity contribution is 5.81. The molecule has 1 fully saturated rings. The van der Waals surface area contributed by atoms with Crippen LogP contribution < -0.4 is 15.4 Å². The summed E-state index contributed by atoms with van der Waals surface area (Å²) in [5.74, 6) is 0.881. The fourth-order valence-electron chi connectivity index (χ4n) is 3.22. The van der Waals surface area contributed by atoms with Crippen LogP contribution in [0.2, 0.25) is 0 Å². The third-order valence-electron chi connectivity index (χ3n) is 5.32. The predicted octanol–water partition coefficient (Wildman–Crippen LogP) is 1.23. The molecule has 7 nitrogen and oxygen atoms in total. The fourth-order valence-corrected chi connectivity index (χ4v) is 3.22. The molecule has 28 heavy (non-hydrogen) atoms. The van der Waals surface area contributed by atoms with Crippen molar-refractivity contribution in [3.63, 3.8) is 0 Å². The summed E-state index contributed by atoms with van der Waals surface area (Å²) in [4.78, 5) is 28.9. The minimum absolute atomic E-state index is 0.0192. The van der Waals surface area contributed by atoms with Gasteiger partial charge in [0.05, 0.1) is 19.7 Å². The maximum atomic E-state index is 12.5. The van der Waals surface area contributed by atoms with Crippen LogP contribution >= 0.6 is 0 Å². The van der Waals surface area contributed by atoms with Gasteiger partial charge >= 0.3 is 0 Å². The van der Waals surface area contributed by atoms with E-state index >= 15 is 0 Å². The van der Waals surface area contributed by atoms with Gasteiger partial charge in [0, 0.05) is 38.8 Å². The lowest BCUT2D eigenvalue weighted by Crippen LogP contribution is -2.55. The molecule has 0 bridgehead atoms. The summed E-state index contributed by atoms with van der Waals surface area (Å²) in [5.41, 5.74) is 1.01. The number of rotatable bonds is 9. The first-order chi connectivity index (χ1) is 13.4. The molecule has 1 aliphatic heterocycles. The van der Waals surface area contributed by atoms with Gasteiger partial charge in [-0.3, -0.25) is 19.4 Å². The Labute approximate surface area is 168 Å². The molecule has 2 N–H and O–H groups in total. The zero-order valence-electron chi connectivity index (χ0n) is 17.5. The first-order valence-corrected chi connectivity index (χ1v) is 10.1. The number of carbonyl (C=O) groups is 2. The summed E-state index contributed by atoms with van der Waals surface area (Å²) in [6, 6.07) is 7.71. The van der Waals surface area contributed by atoms with Crippen LogP contribution in [0.3, 0.4) is 0 Å². The van der Waals surface area contributed by atoms with Crippen LogP contribution in [0.25, 0.3) is 0 Å². The largest absolute Gasteiger partial charge is 0.497 e. The van der Waals surface area contributed by atoms with E-state index < -0.39 is 0 Å². The van der Waals surface area contributed by atoms with Crippen molar-refractivity contribution < 1.29 is 14.3 Å². The summed E-state index contributed by atoms with van der Waals surface area (Å²) in [6.07, 6.45) is 0.932. The van der Waals surface area contributed by atoms with Gasteiger partial charge < -0.3 is 15.4 Å². The van der Waals surface area contributed by atoms with Crippen LogP contribution in [-0.4, -0.2) is 73.5 Å². The smallest absolute Gasteiger partial charge is 0.237 e. The van der Waals surface area contributed by atoms with Crippen molar-refractivity contribution in [2.75, 3.05) is 39.8 Å². The van der Waals surface area contributed by atoms with Crippen molar-refractivity contribution in [2.45, 2.75) is 45.8 Å². The summed E-state index contributed by atoms with van der Waals surface area (Å²) >= 11 is 0. The number of methoxy groups -OCH3 is 1. The first-order valence-electron chi connectivity index (χ1n) is 10.1. The monoisotopic (exact) mass is 390 g/mol. The van der Waals surface area contributed by atoms with E-state index in [9.17, 15) is 9.59 Å². The van der Waals surface area contributed by atoms with Crippen LogP contribution in [-0.2, 0) is 16.1 Å². The molecule has 0 saturated carbocycles. The fraction of sp³-hybridized carbons (Fsp3) is 0.619. The molecule has 2 atom stereocenters. The van der Waals surface area contributed by atoms with Crippen LogP contribution in [0, 0.1) is 0 Å². The zero-order valence-corrected chi connectivity index (χ0v) is 17.5. The topological polar surface area (TPSA) is 73.9 Å². The second kappa shape index (κ2) is 11.0. The van der Waals surface area contributed by atoms with E-state index in [1.165, 1.54) is 0 Å². The summed E-state index contributed by atoms with van der Waals surface area (Å²) in [7, 11) is 1.63. The Hall–Kier alpha value is -2.12. The number of nitrogens with one attached hydrogen (secondary N) is 2. The van der Waals surface area contributed by atoms with Crippen LogP contribution in [0.15, 0.2) is 24.3 Å². The lowest BCUT2D eigenvalue weighted by Gasteiger charge is -2.37. The van der Waals surface area contributed by atoms with Crippen molar-refractivity contribution in [3.05, 3.63) is 29.8 Å².